The van der Waals surface area contributed by atoms with E-state index < -0.39 is 0 Å². The van der Waals surface area contributed by atoms with E-state index in [1.807, 2.05) is 6.07 Å². The Morgan fingerprint density at radius 2 is 2.12 bits per heavy atom. The van der Waals surface area contributed by atoms with Crippen LogP contribution in [-0.4, -0.2) is 17.4 Å². The van der Waals surface area contributed by atoms with Crippen LogP contribution < -0.4 is 5.32 Å². The highest BCUT2D eigenvalue weighted by Crippen LogP contribution is 2.39. The summed E-state index contributed by atoms with van der Waals surface area (Å²) in [6.07, 6.45) is 6.68. The van der Waals surface area contributed by atoms with Crippen LogP contribution in [0.1, 0.15) is 25.7 Å². The maximum atomic E-state index is 6.12. The van der Waals surface area contributed by atoms with Gasteiger partial charge in [-0.1, -0.05) is 24.4 Å². The van der Waals surface area contributed by atoms with E-state index in [4.69, 9.17) is 23.2 Å². The summed E-state index contributed by atoms with van der Waals surface area (Å²) in [7, 11) is 0. The second-order valence-electron chi connectivity index (χ2n) is 4.68. The molecule has 2 rings (SSSR count). The molecule has 1 aromatic rings. The van der Waals surface area contributed by atoms with Gasteiger partial charge in [-0.15, -0.1) is 11.6 Å². The number of nitrogens with zero attached hydrogens (tertiary/aromatic N) is 1. The number of hydrogen-bond acceptors (Lipinski definition) is 2. The third kappa shape index (κ3) is 3.27. The van der Waals surface area contributed by atoms with Crippen molar-refractivity contribution in [1.82, 2.24) is 4.98 Å². The number of rotatable bonds is 4. The smallest absolute Gasteiger partial charge is 0.144 e. The van der Waals surface area contributed by atoms with Gasteiger partial charge in [-0.05, 0) is 34.8 Å². The van der Waals surface area contributed by atoms with Crippen molar-refractivity contribution in [3.8, 4) is 0 Å². The van der Waals surface area contributed by atoms with Crippen LogP contribution in [0.5, 0.6) is 0 Å². The fraction of sp³-hybridized carbons (Fsp3) is 0.583. The van der Waals surface area contributed by atoms with Gasteiger partial charge in [0.25, 0.3) is 0 Å². The Morgan fingerprint density at radius 1 is 1.41 bits per heavy atom. The number of alkyl halides is 1. The van der Waals surface area contributed by atoms with Crippen molar-refractivity contribution in [2.75, 3.05) is 17.7 Å². The lowest BCUT2D eigenvalue weighted by atomic mass is 9.88. The average Bonchev–Trinajstić information content (AvgIpc) is 2.77. The highest BCUT2D eigenvalue weighted by Gasteiger charge is 2.32. The van der Waals surface area contributed by atoms with E-state index in [2.05, 4.69) is 26.2 Å². The lowest BCUT2D eigenvalue weighted by Gasteiger charge is -2.26. The Balaban J connectivity index is 2.01. The van der Waals surface area contributed by atoms with Crippen molar-refractivity contribution in [3.05, 3.63) is 21.8 Å². The van der Waals surface area contributed by atoms with Gasteiger partial charge in [-0.2, -0.15) is 0 Å². The topological polar surface area (TPSA) is 24.9 Å². The SMILES string of the molecule is ClCC1(CNc2ncc(Br)cc2Cl)CCCC1. The van der Waals surface area contributed by atoms with Gasteiger partial charge in [0.2, 0.25) is 0 Å². The minimum Gasteiger partial charge on any atom is -0.368 e. The Kier molecular flexibility index (Phi) is 4.56. The Morgan fingerprint density at radius 3 is 2.71 bits per heavy atom. The van der Waals surface area contributed by atoms with Gasteiger partial charge >= 0.3 is 0 Å². The normalized spacial score (nSPS) is 18.3. The summed E-state index contributed by atoms with van der Waals surface area (Å²) in [6, 6.07) is 1.85. The van der Waals surface area contributed by atoms with Crippen LogP contribution in [0.4, 0.5) is 5.82 Å². The van der Waals surface area contributed by atoms with Crippen molar-refractivity contribution >= 4 is 44.9 Å². The molecular formula is C12H15BrCl2N2. The zero-order valence-electron chi connectivity index (χ0n) is 9.48. The Labute approximate surface area is 120 Å². The third-order valence-electron chi connectivity index (χ3n) is 3.39. The monoisotopic (exact) mass is 336 g/mol. The molecule has 2 nitrogen and oxygen atoms in total. The minimum absolute atomic E-state index is 0.222. The van der Waals surface area contributed by atoms with Gasteiger partial charge in [0.15, 0.2) is 0 Å². The molecule has 5 heteroatoms. The fourth-order valence-electron chi connectivity index (χ4n) is 2.30. The van der Waals surface area contributed by atoms with Crippen LogP contribution in [0, 0.1) is 5.41 Å². The van der Waals surface area contributed by atoms with Crippen LogP contribution >= 0.6 is 39.1 Å². The molecule has 94 valence electrons. The summed E-state index contributed by atoms with van der Waals surface area (Å²) in [5, 5.41) is 3.97. The van der Waals surface area contributed by atoms with Crippen molar-refractivity contribution in [2.24, 2.45) is 5.41 Å². The third-order valence-corrected chi connectivity index (χ3v) is 4.68. The molecule has 0 bridgehead atoms. The molecule has 0 aromatic carbocycles. The zero-order valence-corrected chi connectivity index (χ0v) is 12.6. The molecule has 1 aliphatic carbocycles. The van der Waals surface area contributed by atoms with Gasteiger partial charge in [0.1, 0.15) is 5.82 Å². The van der Waals surface area contributed by atoms with Crippen molar-refractivity contribution < 1.29 is 0 Å². The summed E-state index contributed by atoms with van der Waals surface area (Å²) < 4.78 is 0.890. The first-order valence-electron chi connectivity index (χ1n) is 5.76. The van der Waals surface area contributed by atoms with Crippen LogP contribution in [0.2, 0.25) is 5.02 Å². The summed E-state index contributed by atoms with van der Waals surface area (Å²) in [5.74, 6) is 1.44. The maximum Gasteiger partial charge on any atom is 0.144 e. The van der Waals surface area contributed by atoms with Crippen molar-refractivity contribution in [2.45, 2.75) is 25.7 Å². The molecule has 1 N–H and O–H groups in total. The fourth-order valence-corrected chi connectivity index (χ4v) is 3.36. The van der Waals surface area contributed by atoms with E-state index in [1.54, 1.807) is 6.20 Å². The first-order chi connectivity index (χ1) is 8.15. The highest BCUT2D eigenvalue weighted by atomic mass is 79.9. The van der Waals surface area contributed by atoms with E-state index in [1.165, 1.54) is 25.7 Å². The van der Waals surface area contributed by atoms with Crippen LogP contribution in [0.3, 0.4) is 0 Å². The molecule has 0 unspecified atom stereocenters. The molecule has 0 atom stereocenters. The van der Waals surface area contributed by atoms with Gasteiger partial charge in [0.05, 0.1) is 5.02 Å². The predicted molar refractivity (Wildman–Crippen MR) is 77.1 cm³/mol. The molecule has 1 aliphatic rings. The van der Waals surface area contributed by atoms with Crippen LogP contribution in [-0.2, 0) is 0 Å². The predicted octanol–water partition coefficient (Wildman–Crippen LogP) is 4.71. The van der Waals surface area contributed by atoms with E-state index in [-0.39, 0.29) is 5.41 Å². The van der Waals surface area contributed by atoms with Gasteiger partial charge in [-0.3, -0.25) is 0 Å². The lowest BCUT2D eigenvalue weighted by molar-refractivity contribution is 0.368. The molecule has 1 heterocycles. The summed E-state index contributed by atoms with van der Waals surface area (Å²) in [5.41, 5.74) is 0.222. The number of nitrogens with one attached hydrogen (secondary N) is 1. The van der Waals surface area contributed by atoms with E-state index in [0.29, 0.717) is 10.9 Å². The number of pyridine rings is 1. The number of halogens is 3. The summed E-state index contributed by atoms with van der Waals surface area (Å²) >= 11 is 15.6. The van der Waals surface area contributed by atoms with Crippen LogP contribution in [0.15, 0.2) is 16.7 Å². The van der Waals surface area contributed by atoms with Crippen molar-refractivity contribution in [3.63, 3.8) is 0 Å². The highest BCUT2D eigenvalue weighted by molar-refractivity contribution is 9.10. The van der Waals surface area contributed by atoms with Gasteiger partial charge in [-0.25, -0.2) is 4.98 Å². The van der Waals surface area contributed by atoms with Crippen molar-refractivity contribution in [1.29, 1.82) is 0 Å². The zero-order chi connectivity index (χ0) is 12.3. The van der Waals surface area contributed by atoms with E-state index >= 15 is 0 Å². The quantitative estimate of drug-likeness (QED) is 0.805. The van der Waals surface area contributed by atoms with E-state index in [0.717, 1.165) is 16.8 Å². The molecular weight excluding hydrogens is 323 g/mol. The lowest BCUT2D eigenvalue weighted by Crippen LogP contribution is -2.28. The molecule has 1 saturated carbocycles. The molecule has 0 aliphatic heterocycles. The summed E-state index contributed by atoms with van der Waals surface area (Å²) in [4.78, 5) is 4.27. The first kappa shape index (κ1) is 13.4. The van der Waals surface area contributed by atoms with E-state index in [9.17, 15) is 0 Å². The summed E-state index contributed by atoms with van der Waals surface area (Å²) in [6.45, 7) is 0.852. The molecule has 0 radical (unpaired) electrons. The maximum absolute atomic E-state index is 6.12. The van der Waals surface area contributed by atoms with Gasteiger partial charge in [0, 0.05) is 28.5 Å². The molecule has 1 aromatic heterocycles. The largest absolute Gasteiger partial charge is 0.368 e. The number of aromatic nitrogens is 1. The second-order valence-corrected chi connectivity index (χ2v) is 6.27. The molecule has 0 spiro atoms. The number of hydrogen-bond donors (Lipinski definition) is 1. The molecule has 0 saturated heterocycles. The Hall–Kier alpha value is 0.01000. The standard InChI is InChI=1S/C12H15BrCl2N2/c13-9-5-10(15)11(16-6-9)17-8-12(7-14)3-1-2-4-12/h5-6H,1-4,7-8H2,(H,16,17). The second kappa shape index (κ2) is 5.77. The Bertz CT molecular complexity index is 392. The first-order valence-corrected chi connectivity index (χ1v) is 7.47. The van der Waals surface area contributed by atoms with Gasteiger partial charge < -0.3 is 5.32 Å². The number of anilines is 1. The van der Waals surface area contributed by atoms with Crippen LogP contribution in [0.25, 0.3) is 0 Å². The average molecular weight is 338 g/mol. The molecule has 0 amide bonds. The molecule has 1 fully saturated rings. The minimum atomic E-state index is 0.222. The molecule has 17 heavy (non-hydrogen) atoms.